The SMILES string of the molecule is CC/C=C\C/C=C\C/C=C\C/C=C\C/C=C\CCCCCCCC(=O)OCC(O)COP(=O)(O)OCC(NC(=O)CCCCCCCCCCCCCCCCCCCCCCC)C(=O)O. The Kier molecular flexibility index (Phi) is 46.6. The van der Waals surface area contributed by atoms with Crippen molar-refractivity contribution >= 4 is 25.7 Å². The molecule has 3 atom stereocenters. The summed E-state index contributed by atoms with van der Waals surface area (Å²) in [5, 5.41) is 21.9. The minimum Gasteiger partial charge on any atom is -0.480 e. The number of phosphoric ester groups is 1. The molecule has 0 radical (unpaired) electrons. The molecule has 0 aromatic rings. The Morgan fingerprint density at radius 1 is 0.500 bits per heavy atom. The van der Waals surface area contributed by atoms with E-state index in [1.54, 1.807) is 0 Å². The lowest BCUT2D eigenvalue weighted by atomic mass is 10.0. The highest BCUT2D eigenvalue weighted by atomic mass is 31.2. The lowest BCUT2D eigenvalue weighted by Crippen LogP contribution is -2.43. The molecule has 12 heteroatoms. The standard InChI is InChI=1S/C54H96NO10P/c1-3-5-7-9-11-13-15-17-19-21-23-25-27-29-31-33-35-37-39-41-43-45-52(57)55-51(54(59)60)49-65-66(61,62)64-48-50(56)47-63-53(58)46-44-42-40-38-36-34-32-30-28-26-24-22-20-18-16-14-12-10-8-6-4-2/h6,8,12,14,18,20,24,26,30,32,50-51,56H,3-5,7,9-11,13,15-17,19,21-23,25,27-29,31,33-49H2,1-2H3,(H,55,57)(H,59,60)(H,61,62)/b8-6-,14-12-,20-18-,26-24-,32-30-. The summed E-state index contributed by atoms with van der Waals surface area (Å²) in [4.78, 5) is 46.2. The number of carbonyl (C=O) groups is 3. The molecule has 0 saturated heterocycles. The minimum absolute atomic E-state index is 0.146. The van der Waals surface area contributed by atoms with Crippen molar-refractivity contribution in [3.05, 3.63) is 60.8 Å². The molecule has 0 rings (SSSR count). The molecular weight excluding hydrogens is 854 g/mol. The van der Waals surface area contributed by atoms with E-state index in [9.17, 15) is 34.1 Å². The molecule has 0 aromatic heterocycles. The number of aliphatic hydroxyl groups excluding tert-OH is 1. The van der Waals surface area contributed by atoms with E-state index in [0.717, 1.165) is 83.5 Å². The lowest BCUT2D eigenvalue weighted by Gasteiger charge is -2.18. The Morgan fingerprint density at radius 3 is 1.32 bits per heavy atom. The van der Waals surface area contributed by atoms with Gasteiger partial charge in [-0.2, -0.15) is 0 Å². The number of hydrogen-bond donors (Lipinski definition) is 4. The molecule has 0 aliphatic heterocycles. The van der Waals surface area contributed by atoms with Gasteiger partial charge >= 0.3 is 19.8 Å². The van der Waals surface area contributed by atoms with Crippen LogP contribution in [0.15, 0.2) is 60.8 Å². The summed E-state index contributed by atoms with van der Waals surface area (Å²) in [5.74, 6) is -2.38. The van der Waals surface area contributed by atoms with Gasteiger partial charge in [0.2, 0.25) is 5.91 Å². The first kappa shape index (κ1) is 63.2. The molecule has 0 heterocycles. The van der Waals surface area contributed by atoms with E-state index >= 15 is 0 Å². The van der Waals surface area contributed by atoms with E-state index in [1.807, 2.05) is 0 Å². The monoisotopic (exact) mass is 950 g/mol. The average molecular weight is 950 g/mol. The maximum atomic E-state index is 12.4. The number of aliphatic hydroxyl groups is 1. The van der Waals surface area contributed by atoms with Crippen molar-refractivity contribution in [1.29, 1.82) is 0 Å². The van der Waals surface area contributed by atoms with E-state index in [-0.39, 0.29) is 12.8 Å². The zero-order chi connectivity index (χ0) is 48.4. The third kappa shape index (κ3) is 47.7. The molecule has 0 aliphatic carbocycles. The fraction of sp³-hybridized carbons (Fsp3) is 0.759. The Labute approximate surface area is 402 Å². The lowest BCUT2D eigenvalue weighted by molar-refractivity contribution is -0.147. The van der Waals surface area contributed by atoms with Gasteiger partial charge in [-0.05, 0) is 57.8 Å². The number of allylic oxidation sites excluding steroid dienone is 10. The van der Waals surface area contributed by atoms with Crippen molar-refractivity contribution in [3.8, 4) is 0 Å². The first-order chi connectivity index (χ1) is 32.1. The van der Waals surface area contributed by atoms with Gasteiger partial charge in [0.05, 0.1) is 13.2 Å². The number of amides is 1. The summed E-state index contributed by atoms with van der Waals surface area (Å²) < 4.78 is 27.0. The van der Waals surface area contributed by atoms with Crippen molar-refractivity contribution in [3.63, 3.8) is 0 Å². The van der Waals surface area contributed by atoms with Crippen LogP contribution in [0.5, 0.6) is 0 Å². The average Bonchev–Trinajstić information content (AvgIpc) is 3.29. The van der Waals surface area contributed by atoms with E-state index in [4.69, 9.17) is 13.8 Å². The second-order valence-electron chi connectivity index (χ2n) is 17.7. The van der Waals surface area contributed by atoms with E-state index < -0.39 is 57.6 Å². The number of carbonyl (C=O) groups excluding carboxylic acids is 2. The van der Waals surface area contributed by atoms with Crippen LogP contribution in [0.2, 0.25) is 0 Å². The van der Waals surface area contributed by atoms with Gasteiger partial charge in [-0.3, -0.25) is 18.6 Å². The summed E-state index contributed by atoms with van der Waals surface area (Å²) in [5.41, 5.74) is 0. The number of phosphoric acid groups is 1. The third-order valence-corrected chi connectivity index (χ3v) is 12.3. The molecule has 382 valence electrons. The van der Waals surface area contributed by atoms with Crippen molar-refractivity contribution in [2.24, 2.45) is 0 Å². The summed E-state index contributed by atoms with van der Waals surface area (Å²) in [6, 6.07) is -1.55. The van der Waals surface area contributed by atoms with Crippen LogP contribution >= 0.6 is 7.82 Å². The van der Waals surface area contributed by atoms with Crippen LogP contribution in [0.25, 0.3) is 0 Å². The highest BCUT2D eigenvalue weighted by molar-refractivity contribution is 7.47. The Hall–Kier alpha value is -2.82. The number of hydrogen-bond acceptors (Lipinski definition) is 8. The summed E-state index contributed by atoms with van der Waals surface area (Å²) in [6.45, 7) is 2.50. The van der Waals surface area contributed by atoms with Gasteiger partial charge in [0.25, 0.3) is 0 Å². The molecule has 66 heavy (non-hydrogen) atoms. The molecule has 3 unspecified atom stereocenters. The molecule has 0 bridgehead atoms. The van der Waals surface area contributed by atoms with Gasteiger partial charge in [0.15, 0.2) is 6.04 Å². The fourth-order valence-electron chi connectivity index (χ4n) is 7.28. The van der Waals surface area contributed by atoms with Gasteiger partial charge in [-0.25, -0.2) is 9.36 Å². The number of unbranched alkanes of at least 4 members (excludes halogenated alkanes) is 25. The Morgan fingerprint density at radius 2 is 0.879 bits per heavy atom. The van der Waals surface area contributed by atoms with E-state index in [2.05, 4.69) is 79.9 Å². The predicted octanol–water partition coefficient (Wildman–Crippen LogP) is 14.7. The molecule has 4 N–H and O–H groups in total. The molecular formula is C54H96NO10P. The first-order valence-electron chi connectivity index (χ1n) is 26.3. The highest BCUT2D eigenvalue weighted by Gasteiger charge is 2.28. The number of carboxylic acids is 1. The zero-order valence-corrected chi connectivity index (χ0v) is 42.6. The van der Waals surface area contributed by atoms with E-state index in [1.165, 1.54) is 109 Å². The minimum atomic E-state index is -4.77. The number of rotatable bonds is 49. The highest BCUT2D eigenvalue weighted by Crippen LogP contribution is 2.43. The predicted molar refractivity (Wildman–Crippen MR) is 272 cm³/mol. The molecule has 11 nitrogen and oxygen atoms in total. The number of aliphatic carboxylic acids is 1. The van der Waals surface area contributed by atoms with Crippen molar-refractivity contribution in [2.75, 3.05) is 19.8 Å². The molecule has 1 amide bonds. The zero-order valence-electron chi connectivity index (χ0n) is 41.7. The third-order valence-electron chi connectivity index (χ3n) is 11.3. The van der Waals surface area contributed by atoms with Crippen LogP contribution in [0.1, 0.15) is 232 Å². The number of ether oxygens (including phenoxy) is 1. The topological polar surface area (TPSA) is 169 Å². The Balaban J connectivity index is 3.84. The van der Waals surface area contributed by atoms with Crippen molar-refractivity contribution in [1.82, 2.24) is 5.32 Å². The summed E-state index contributed by atoms with van der Waals surface area (Å²) in [6.07, 6.45) is 58.1. The summed E-state index contributed by atoms with van der Waals surface area (Å²) >= 11 is 0. The summed E-state index contributed by atoms with van der Waals surface area (Å²) in [7, 11) is -4.77. The molecule has 0 saturated carbocycles. The van der Waals surface area contributed by atoms with Gasteiger partial charge < -0.3 is 25.2 Å². The smallest absolute Gasteiger partial charge is 0.472 e. The van der Waals surface area contributed by atoms with Gasteiger partial charge in [0, 0.05) is 12.8 Å². The largest absolute Gasteiger partial charge is 0.480 e. The fourth-order valence-corrected chi connectivity index (χ4v) is 8.06. The van der Waals surface area contributed by atoms with Crippen LogP contribution in [0, 0.1) is 0 Å². The number of esters is 1. The molecule has 0 aliphatic rings. The number of nitrogens with one attached hydrogen (secondary N) is 1. The normalized spacial score (nSPS) is 14.0. The first-order valence-corrected chi connectivity index (χ1v) is 27.8. The van der Waals surface area contributed by atoms with Gasteiger partial charge in [0.1, 0.15) is 12.7 Å². The molecule has 0 fully saturated rings. The molecule has 0 spiro atoms. The second kappa shape index (κ2) is 48.6. The van der Waals surface area contributed by atoms with Crippen LogP contribution in [0.4, 0.5) is 0 Å². The van der Waals surface area contributed by atoms with E-state index in [0.29, 0.717) is 12.8 Å². The van der Waals surface area contributed by atoms with Gasteiger partial charge in [-0.1, -0.05) is 222 Å². The maximum Gasteiger partial charge on any atom is 0.472 e. The van der Waals surface area contributed by atoms with Crippen molar-refractivity contribution < 1.29 is 47.8 Å². The van der Waals surface area contributed by atoms with Crippen LogP contribution < -0.4 is 5.32 Å². The second-order valence-corrected chi connectivity index (χ2v) is 19.1. The maximum absolute atomic E-state index is 12.4. The van der Waals surface area contributed by atoms with Crippen LogP contribution in [0.3, 0.4) is 0 Å². The number of carboxylic acid groups (broad SMARTS) is 1. The van der Waals surface area contributed by atoms with Crippen LogP contribution in [-0.4, -0.2) is 64.9 Å². The van der Waals surface area contributed by atoms with Crippen LogP contribution in [-0.2, 0) is 32.7 Å². The quantitative estimate of drug-likeness (QED) is 0.0199. The Bertz CT molecular complexity index is 1350. The van der Waals surface area contributed by atoms with Crippen molar-refractivity contribution in [2.45, 2.75) is 244 Å². The van der Waals surface area contributed by atoms with Gasteiger partial charge in [-0.15, -0.1) is 0 Å². The molecule has 0 aromatic carbocycles.